The fourth-order valence-electron chi connectivity index (χ4n) is 2.89. The second-order valence-corrected chi connectivity index (χ2v) is 7.78. The molecule has 0 bridgehead atoms. The lowest BCUT2D eigenvalue weighted by Crippen LogP contribution is -2.42. The standard InChI is InChI=1S/C18H28ClN3O3/c1-18(2,3)25-17(23)22-10-4-6-14(12-22)7-5-11-24-13-15-8-9-20-16(19)21-15/h8-9,14H,4-7,10-13H2,1-3H3/t14-/m0/s1. The first-order chi connectivity index (χ1) is 11.8. The Morgan fingerprint density at radius 3 is 2.96 bits per heavy atom. The number of likely N-dealkylation sites (tertiary alicyclic amines) is 1. The third kappa shape index (κ3) is 7.57. The zero-order valence-corrected chi connectivity index (χ0v) is 16.1. The van der Waals surface area contributed by atoms with Crippen molar-refractivity contribution in [2.75, 3.05) is 19.7 Å². The van der Waals surface area contributed by atoms with Gasteiger partial charge in [-0.1, -0.05) is 0 Å². The van der Waals surface area contributed by atoms with Gasteiger partial charge in [-0.05, 0) is 70.0 Å². The molecule has 1 aromatic heterocycles. The molecule has 0 radical (unpaired) electrons. The zero-order chi connectivity index (χ0) is 18.3. The Labute approximate surface area is 154 Å². The predicted molar refractivity (Wildman–Crippen MR) is 96.5 cm³/mol. The molecule has 140 valence electrons. The maximum atomic E-state index is 12.2. The summed E-state index contributed by atoms with van der Waals surface area (Å²) in [5.74, 6) is 0.512. The largest absolute Gasteiger partial charge is 0.444 e. The number of aromatic nitrogens is 2. The van der Waals surface area contributed by atoms with Crippen LogP contribution in [0.15, 0.2) is 12.3 Å². The van der Waals surface area contributed by atoms with E-state index in [0.29, 0.717) is 19.1 Å². The zero-order valence-electron chi connectivity index (χ0n) is 15.3. The summed E-state index contributed by atoms with van der Waals surface area (Å²) in [6.07, 6.45) is 5.62. The van der Waals surface area contributed by atoms with Crippen molar-refractivity contribution in [3.05, 3.63) is 23.2 Å². The highest BCUT2D eigenvalue weighted by Crippen LogP contribution is 2.22. The van der Waals surface area contributed by atoms with Gasteiger partial charge in [0.1, 0.15) is 5.60 Å². The number of amides is 1. The molecule has 1 atom stereocenters. The summed E-state index contributed by atoms with van der Waals surface area (Å²) in [6.45, 7) is 8.37. The first-order valence-corrected chi connectivity index (χ1v) is 9.24. The minimum Gasteiger partial charge on any atom is -0.444 e. The van der Waals surface area contributed by atoms with Crippen LogP contribution < -0.4 is 0 Å². The van der Waals surface area contributed by atoms with Crippen LogP contribution in [-0.4, -0.2) is 46.3 Å². The normalized spacial score (nSPS) is 18.2. The van der Waals surface area contributed by atoms with Gasteiger partial charge < -0.3 is 14.4 Å². The van der Waals surface area contributed by atoms with E-state index in [4.69, 9.17) is 21.1 Å². The van der Waals surface area contributed by atoms with Crippen LogP contribution in [0.1, 0.15) is 52.1 Å². The Morgan fingerprint density at radius 1 is 1.44 bits per heavy atom. The molecule has 7 heteroatoms. The van der Waals surface area contributed by atoms with E-state index in [2.05, 4.69) is 9.97 Å². The molecule has 0 saturated carbocycles. The van der Waals surface area contributed by atoms with E-state index in [1.807, 2.05) is 25.7 Å². The van der Waals surface area contributed by atoms with Gasteiger partial charge >= 0.3 is 6.09 Å². The van der Waals surface area contributed by atoms with Gasteiger partial charge in [-0.3, -0.25) is 0 Å². The van der Waals surface area contributed by atoms with Crippen LogP contribution in [-0.2, 0) is 16.1 Å². The number of nitrogens with zero attached hydrogens (tertiary/aromatic N) is 3. The second kappa shape index (κ2) is 9.34. The molecule has 25 heavy (non-hydrogen) atoms. The molecule has 0 unspecified atom stereocenters. The number of hydrogen-bond acceptors (Lipinski definition) is 5. The van der Waals surface area contributed by atoms with Crippen molar-refractivity contribution >= 4 is 17.7 Å². The number of halogens is 1. The maximum absolute atomic E-state index is 12.2. The topological polar surface area (TPSA) is 64.5 Å². The number of ether oxygens (including phenoxy) is 2. The van der Waals surface area contributed by atoms with Gasteiger partial charge in [0.25, 0.3) is 0 Å². The Morgan fingerprint density at radius 2 is 2.24 bits per heavy atom. The Hall–Kier alpha value is -1.40. The van der Waals surface area contributed by atoms with E-state index in [0.717, 1.165) is 44.5 Å². The number of piperidine rings is 1. The summed E-state index contributed by atoms with van der Waals surface area (Å²) in [5, 5.41) is 0.241. The average molecular weight is 370 g/mol. The number of hydrogen-bond donors (Lipinski definition) is 0. The first-order valence-electron chi connectivity index (χ1n) is 8.86. The van der Waals surface area contributed by atoms with E-state index in [1.165, 1.54) is 0 Å². The number of carbonyl (C=O) groups excluding carboxylic acids is 1. The van der Waals surface area contributed by atoms with Gasteiger partial charge in [-0.25, -0.2) is 14.8 Å². The maximum Gasteiger partial charge on any atom is 0.410 e. The third-order valence-corrected chi connectivity index (χ3v) is 4.19. The summed E-state index contributed by atoms with van der Waals surface area (Å²) in [5.41, 5.74) is 0.343. The fourth-order valence-corrected chi connectivity index (χ4v) is 3.06. The van der Waals surface area contributed by atoms with E-state index < -0.39 is 5.60 Å². The lowest BCUT2D eigenvalue weighted by molar-refractivity contribution is 0.0155. The molecule has 1 aliphatic rings. The molecule has 1 amide bonds. The highest BCUT2D eigenvalue weighted by molar-refractivity contribution is 6.28. The third-order valence-electron chi connectivity index (χ3n) is 4.01. The molecule has 0 aromatic carbocycles. The van der Waals surface area contributed by atoms with Crippen LogP contribution in [0, 0.1) is 5.92 Å². The van der Waals surface area contributed by atoms with Gasteiger partial charge in [0.15, 0.2) is 0 Å². The molecule has 2 heterocycles. The molecule has 2 rings (SSSR count). The minimum atomic E-state index is -0.443. The Balaban J connectivity index is 1.64. The molecule has 6 nitrogen and oxygen atoms in total. The summed E-state index contributed by atoms with van der Waals surface area (Å²) < 4.78 is 11.1. The van der Waals surface area contributed by atoms with E-state index in [1.54, 1.807) is 12.3 Å². The van der Waals surface area contributed by atoms with Crippen molar-refractivity contribution in [2.45, 2.75) is 58.7 Å². The van der Waals surface area contributed by atoms with Crippen LogP contribution in [0.4, 0.5) is 4.79 Å². The summed E-state index contributed by atoms with van der Waals surface area (Å²) in [7, 11) is 0. The van der Waals surface area contributed by atoms with Crippen molar-refractivity contribution < 1.29 is 14.3 Å². The number of carbonyl (C=O) groups is 1. The molecular weight excluding hydrogens is 342 g/mol. The smallest absolute Gasteiger partial charge is 0.410 e. The SMILES string of the molecule is CC(C)(C)OC(=O)N1CCC[C@@H](CCCOCc2ccnc(Cl)n2)C1. The quantitative estimate of drug-likeness (QED) is 0.558. The van der Waals surface area contributed by atoms with Gasteiger partial charge in [0.2, 0.25) is 5.28 Å². The van der Waals surface area contributed by atoms with Gasteiger partial charge in [-0.2, -0.15) is 0 Å². The molecular formula is C18H28ClN3O3. The minimum absolute atomic E-state index is 0.200. The van der Waals surface area contributed by atoms with E-state index in [-0.39, 0.29) is 11.4 Å². The summed E-state index contributed by atoms with van der Waals surface area (Å²) in [4.78, 5) is 21.9. The lowest BCUT2D eigenvalue weighted by Gasteiger charge is -2.34. The monoisotopic (exact) mass is 369 g/mol. The van der Waals surface area contributed by atoms with Crippen LogP contribution in [0.2, 0.25) is 5.28 Å². The molecule has 1 saturated heterocycles. The van der Waals surface area contributed by atoms with Gasteiger partial charge in [0, 0.05) is 25.9 Å². The highest BCUT2D eigenvalue weighted by Gasteiger charge is 2.27. The Bertz CT molecular complexity index is 563. The van der Waals surface area contributed by atoms with Crippen molar-refractivity contribution in [2.24, 2.45) is 5.92 Å². The molecule has 1 aromatic rings. The van der Waals surface area contributed by atoms with Crippen LogP contribution in [0.25, 0.3) is 0 Å². The van der Waals surface area contributed by atoms with Crippen molar-refractivity contribution in [3.8, 4) is 0 Å². The molecule has 1 aliphatic heterocycles. The first kappa shape index (κ1) is 19.9. The second-order valence-electron chi connectivity index (χ2n) is 7.45. The lowest BCUT2D eigenvalue weighted by atomic mass is 9.94. The number of rotatable bonds is 6. The fraction of sp³-hybridized carbons (Fsp3) is 0.722. The summed E-state index contributed by atoms with van der Waals surface area (Å²) >= 11 is 5.75. The highest BCUT2D eigenvalue weighted by atomic mass is 35.5. The van der Waals surface area contributed by atoms with Gasteiger partial charge in [0.05, 0.1) is 12.3 Å². The van der Waals surface area contributed by atoms with Crippen molar-refractivity contribution in [3.63, 3.8) is 0 Å². The van der Waals surface area contributed by atoms with Crippen LogP contribution in [0.3, 0.4) is 0 Å². The average Bonchev–Trinajstić information content (AvgIpc) is 2.53. The van der Waals surface area contributed by atoms with Crippen molar-refractivity contribution in [1.82, 2.24) is 14.9 Å². The van der Waals surface area contributed by atoms with Gasteiger partial charge in [-0.15, -0.1) is 0 Å². The molecule has 0 aliphatic carbocycles. The van der Waals surface area contributed by atoms with Crippen LogP contribution in [0.5, 0.6) is 0 Å². The molecule has 1 fully saturated rings. The van der Waals surface area contributed by atoms with Crippen molar-refractivity contribution in [1.29, 1.82) is 0 Å². The van der Waals surface area contributed by atoms with Crippen LogP contribution >= 0.6 is 11.6 Å². The predicted octanol–water partition coefficient (Wildman–Crippen LogP) is 4.07. The Kier molecular flexibility index (Phi) is 7.44. The summed E-state index contributed by atoms with van der Waals surface area (Å²) in [6, 6.07) is 1.80. The molecule has 0 spiro atoms. The van der Waals surface area contributed by atoms with E-state index >= 15 is 0 Å². The van der Waals surface area contributed by atoms with E-state index in [9.17, 15) is 4.79 Å². The molecule has 0 N–H and O–H groups in total.